The van der Waals surface area contributed by atoms with Crippen molar-refractivity contribution in [1.82, 2.24) is 9.78 Å². The lowest BCUT2D eigenvalue weighted by Gasteiger charge is -2.24. The number of hydrogen-bond acceptors (Lipinski definition) is 4. The van der Waals surface area contributed by atoms with Gasteiger partial charge in [0.05, 0.1) is 22.0 Å². The molecule has 0 unspecified atom stereocenters. The number of aromatic nitrogens is 2. The van der Waals surface area contributed by atoms with E-state index in [9.17, 15) is 13.2 Å². The minimum absolute atomic E-state index is 0.0805. The molecular weight excluding hydrogens is 460 g/mol. The zero-order valence-corrected chi connectivity index (χ0v) is 20.6. The van der Waals surface area contributed by atoms with Crippen LogP contribution in [-0.4, -0.2) is 30.1 Å². The molecule has 5 rings (SSSR count). The summed E-state index contributed by atoms with van der Waals surface area (Å²) in [5, 5.41) is 7.38. The highest BCUT2D eigenvalue weighted by Crippen LogP contribution is 2.36. The predicted octanol–water partition coefficient (Wildman–Crippen LogP) is 4.88. The zero-order chi connectivity index (χ0) is 24.7. The minimum Gasteiger partial charge on any atom is -0.306 e. The summed E-state index contributed by atoms with van der Waals surface area (Å²) < 4.78 is 30.3. The van der Waals surface area contributed by atoms with Crippen LogP contribution in [0.4, 0.5) is 11.5 Å². The molecule has 178 valence electrons. The van der Waals surface area contributed by atoms with Crippen LogP contribution in [-0.2, 0) is 16.4 Å². The zero-order valence-electron chi connectivity index (χ0n) is 19.8. The van der Waals surface area contributed by atoms with E-state index in [1.54, 1.807) is 22.9 Å². The number of hydrogen-bond donors (Lipinski definition) is 1. The van der Waals surface area contributed by atoms with E-state index in [2.05, 4.69) is 10.4 Å². The molecule has 0 spiro atoms. The van der Waals surface area contributed by atoms with Crippen molar-refractivity contribution < 1.29 is 13.2 Å². The highest BCUT2D eigenvalue weighted by molar-refractivity contribution is 7.92. The Labute approximate surface area is 205 Å². The average molecular weight is 487 g/mol. The van der Waals surface area contributed by atoms with Crippen molar-refractivity contribution in [2.75, 3.05) is 9.62 Å². The Balaban J connectivity index is 1.44. The van der Waals surface area contributed by atoms with Gasteiger partial charge in [-0.1, -0.05) is 42.0 Å². The van der Waals surface area contributed by atoms with Crippen LogP contribution in [0.1, 0.15) is 34.1 Å². The Hall–Kier alpha value is -3.91. The largest absolute Gasteiger partial charge is 0.306 e. The van der Waals surface area contributed by atoms with Gasteiger partial charge < -0.3 is 5.32 Å². The SMILES string of the molecule is Cc1ccc(-n2nc(C)cc2NC(=O)c2cccc(S(=O)(=O)N3c4ccccc4C[C@@H]3C)c2)cc1. The van der Waals surface area contributed by atoms with Gasteiger partial charge in [0.1, 0.15) is 5.82 Å². The van der Waals surface area contributed by atoms with Crippen LogP contribution < -0.4 is 9.62 Å². The quantitative estimate of drug-likeness (QED) is 0.436. The molecule has 0 radical (unpaired) electrons. The summed E-state index contributed by atoms with van der Waals surface area (Å²) in [6.07, 6.45) is 0.651. The molecular formula is C27H26N4O3S. The molecule has 1 amide bonds. The molecule has 0 saturated carbocycles. The number of nitrogens with zero attached hydrogens (tertiary/aromatic N) is 3. The maximum atomic E-state index is 13.6. The van der Waals surface area contributed by atoms with Crippen LogP contribution in [0.5, 0.6) is 0 Å². The molecule has 3 aromatic carbocycles. The maximum Gasteiger partial charge on any atom is 0.264 e. The summed E-state index contributed by atoms with van der Waals surface area (Å²) in [5.41, 5.74) is 4.62. The number of amides is 1. The van der Waals surface area contributed by atoms with Gasteiger partial charge in [0.15, 0.2) is 0 Å². The fourth-order valence-electron chi connectivity index (χ4n) is 4.47. The van der Waals surface area contributed by atoms with E-state index >= 15 is 0 Å². The Kier molecular flexibility index (Phi) is 5.68. The molecule has 2 heterocycles. The number of aryl methyl sites for hydroxylation is 2. The summed E-state index contributed by atoms with van der Waals surface area (Å²) in [4.78, 5) is 13.2. The lowest BCUT2D eigenvalue weighted by molar-refractivity contribution is 0.102. The first-order valence-corrected chi connectivity index (χ1v) is 12.9. The van der Waals surface area contributed by atoms with Crippen LogP contribution >= 0.6 is 0 Å². The monoisotopic (exact) mass is 486 g/mol. The molecule has 7 nitrogen and oxygen atoms in total. The van der Waals surface area contributed by atoms with E-state index < -0.39 is 15.9 Å². The molecule has 4 aromatic rings. The third-order valence-electron chi connectivity index (χ3n) is 6.15. The molecule has 8 heteroatoms. The highest BCUT2D eigenvalue weighted by atomic mass is 32.2. The second-order valence-electron chi connectivity index (χ2n) is 8.88. The van der Waals surface area contributed by atoms with Crippen LogP contribution in [0.15, 0.2) is 83.8 Å². The first kappa shape index (κ1) is 22.9. The Morgan fingerprint density at radius 3 is 2.49 bits per heavy atom. The third kappa shape index (κ3) is 4.21. The Morgan fingerprint density at radius 1 is 0.971 bits per heavy atom. The summed E-state index contributed by atoms with van der Waals surface area (Å²) in [5.74, 6) is 0.0943. The number of carbonyl (C=O) groups is 1. The molecule has 0 aliphatic carbocycles. The molecule has 1 aliphatic heterocycles. The van der Waals surface area contributed by atoms with Crippen molar-refractivity contribution in [2.45, 2.75) is 38.1 Å². The normalized spacial score (nSPS) is 15.2. The highest BCUT2D eigenvalue weighted by Gasteiger charge is 2.36. The van der Waals surface area contributed by atoms with E-state index in [-0.39, 0.29) is 16.5 Å². The second-order valence-corrected chi connectivity index (χ2v) is 10.7. The van der Waals surface area contributed by atoms with Crippen molar-refractivity contribution in [2.24, 2.45) is 0 Å². The fourth-order valence-corrected chi connectivity index (χ4v) is 6.21. The maximum absolute atomic E-state index is 13.6. The van der Waals surface area contributed by atoms with Gasteiger partial charge in [0.25, 0.3) is 15.9 Å². The molecule has 1 atom stereocenters. The first-order chi connectivity index (χ1) is 16.7. The molecule has 0 bridgehead atoms. The first-order valence-electron chi connectivity index (χ1n) is 11.4. The number of rotatable bonds is 5. The van der Waals surface area contributed by atoms with Gasteiger partial charge in [-0.05, 0) is 69.2 Å². The fraction of sp³-hybridized carbons (Fsp3) is 0.185. The lowest BCUT2D eigenvalue weighted by atomic mass is 10.1. The van der Waals surface area contributed by atoms with Gasteiger partial charge in [-0.3, -0.25) is 9.10 Å². The molecule has 0 fully saturated rings. The molecule has 35 heavy (non-hydrogen) atoms. The van der Waals surface area contributed by atoms with E-state index in [1.807, 2.05) is 69.3 Å². The van der Waals surface area contributed by atoms with Crippen LogP contribution in [0.3, 0.4) is 0 Å². The molecule has 1 N–H and O–H groups in total. The van der Waals surface area contributed by atoms with E-state index in [0.29, 0.717) is 17.9 Å². The predicted molar refractivity (Wildman–Crippen MR) is 137 cm³/mol. The van der Waals surface area contributed by atoms with Gasteiger partial charge in [-0.25, -0.2) is 13.1 Å². The number of sulfonamides is 1. The van der Waals surface area contributed by atoms with Crippen LogP contribution in [0.25, 0.3) is 5.69 Å². The number of para-hydroxylation sites is 1. The van der Waals surface area contributed by atoms with Crippen molar-refractivity contribution in [3.8, 4) is 5.69 Å². The molecule has 1 aliphatic rings. The number of benzene rings is 3. The number of anilines is 2. The number of fused-ring (bicyclic) bond motifs is 1. The van der Waals surface area contributed by atoms with Crippen molar-refractivity contribution >= 4 is 27.4 Å². The average Bonchev–Trinajstić information content (AvgIpc) is 3.38. The Morgan fingerprint density at radius 2 is 1.71 bits per heavy atom. The smallest absolute Gasteiger partial charge is 0.264 e. The summed E-state index contributed by atoms with van der Waals surface area (Å²) in [7, 11) is -3.85. The van der Waals surface area contributed by atoms with E-state index in [0.717, 1.165) is 22.5 Å². The molecule has 0 saturated heterocycles. The summed E-state index contributed by atoms with van der Waals surface area (Å²) in [6.45, 7) is 5.74. The van der Waals surface area contributed by atoms with Crippen LogP contribution in [0, 0.1) is 13.8 Å². The standard InChI is InChI=1S/C27H26N4O3S/c1-18-11-13-23(14-12-18)30-26(15-19(2)29-30)28-27(32)22-8-6-9-24(17-22)35(33,34)31-20(3)16-21-7-4-5-10-25(21)31/h4-15,17,20H,16H2,1-3H3,(H,28,32)/t20-/m0/s1. The van der Waals surface area contributed by atoms with Gasteiger partial charge in [-0.15, -0.1) is 0 Å². The van der Waals surface area contributed by atoms with Crippen molar-refractivity contribution in [3.05, 3.63) is 101 Å². The van der Waals surface area contributed by atoms with E-state index in [1.165, 1.54) is 16.4 Å². The number of carbonyl (C=O) groups excluding carboxylic acids is 1. The van der Waals surface area contributed by atoms with Gasteiger partial charge in [0, 0.05) is 17.7 Å². The topological polar surface area (TPSA) is 84.3 Å². The van der Waals surface area contributed by atoms with E-state index in [4.69, 9.17) is 0 Å². The summed E-state index contributed by atoms with van der Waals surface area (Å²) in [6, 6.07) is 23.1. The van der Waals surface area contributed by atoms with Crippen molar-refractivity contribution in [1.29, 1.82) is 0 Å². The van der Waals surface area contributed by atoms with Gasteiger partial charge in [-0.2, -0.15) is 5.10 Å². The minimum atomic E-state index is -3.85. The molecule has 1 aromatic heterocycles. The number of nitrogens with one attached hydrogen (secondary N) is 1. The summed E-state index contributed by atoms with van der Waals surface area (Å²) >= 11 is 0. The Bertz CT molecular complexity index is 1520. The lowest BCUT2D eigenvalue weighted by Crippen LogP contribution is -2.35. The second kappa shape index (κ2) is 8.70. The third-order valence-corrected chi connectivity index (χ3v) is 8.07. The van der Waals surface area contributed by atoms with Gasteiger partial charge in [0.2, 0.25) is 0 Å². The van der Waals surface area contributed by atoms with Crippen molar-refractivity contribution in [3.63, 3.8) is 0 Å². The van der Waals surface area contributed by atoms with Gasteiger partial charge >= 0.3 is 0 Å². The van der Waals surface area contributed by atoms with Crippen LogP contribution in [0.2, 0.25) is 0 Å².